The Kier molecular flexibility index (Phi) is 4.38. The molecule has 2 unspecified atom stereocenters. The molecule has 1 aromatic heterocycles. The van der Waals surface area contributed by atoms with E-state index in [1.54, 1.807) is 18.2 Å². The number of aryl methyl sites for hydroxylation is 1. The fourth-order valence-corrected chi connectivity index (χ4v) is 8.22. The maximum atomic E-state index is 10.2. The molecule has 57 heavy (non-hydrogen) atoms. The molecule has 9 aromatic rings. The van der Waals surface area contributed by atoms with E-state index in [4.69, 9.17) is 30.0 Å². The Morgan fingerprint density at radius 3 is 1.82 bits per heavy atom. The van der Waals surface area contributed by atoms with Gasteiger partial charge in [-0.05, 0) is 141 Å². The van der Waals surface area contributed by atoms with Gasteiger partial charge in [0.15, 0.2) is 5.58 Å². The first-order valence-corrected chi connectivity index (χ1v) is 18.3. The lowest BCUT2D eigenvalue weighted by Gasteiger charge is -2.34. The summed E-state index contributed by atoms with van der Waals surface area (Å²) >= 11 is 0. The maximum absolute atomic E-state index is 10.2. The average Bonchev–Trinajstić information content (AvgIpc) is 3.95. The van der Waals surface area contributed by atoms with Crippen LogP contribution in [-0.4, -0.2) is 4.98 Å². The van der Waals surface area contributed by atoms with Gasteiger partial charge in [-0.25, -0.2) is 4.98 Å². The molecule has 8 aromatic carbocycles. The third kappa shape index (κ3) is 5.95. The summed E-state index contributed by atoms with van der Waals surface area (Å²) < 4.78 is 206. The summed E-state index contributed by atoms with van der Waals surface area (Å²) in [6.45, 7) is 0. The molecule has 2 aliphatic rings. The van der Waals surface area contributed by atoms with E-state index in [1.165, 1.54) is 0 Å². The molecule has 0 spiro atoms. The van der Waals surface area contributed by atoms with Gasteiger partial charge in [-0.2, -0.15) is 0 Å². The van der Waals surface area contributed by atoms with Crippen molar-refractivity contribution in [3.05, 3.63) is 216 Å². The molecule has 0 bridgehead atoms. The number of para-hydroxylation sites is 2. The number of benzene rings is 8. The second-order valence-electron chi connectivity index (χ2n) is 13.7. The number of anilines is 3. The maximum Gasteiger partial charge on any atom is 0.227 e. The highest BCUT2D eigenvalue weighted by Crippen LogP contribution is 2.56. The molecule has 0 amide bonds. The molecule has 272 valence electrons. The largest absolute Gasteiger partial charge is 0.436 e. The number of oxazole rings is 1. The Morgan fingerprint density at radius 1 is 0.526 bits per heavy atom. The Labute approximate surface area is 364 Å². The predicted molar refractivity (Wildman–Crippen MR) is 234 cm³/mol. The lowest BCUT2D eigenvalue weighted by Crippen LogP contribution is -2.19. The Morgan fingerprint density at radius 2 is 1.14 bits per heavy atom. The topological polar surface area (TPSA) is 29.3 Å². The minimum absolute atomic E-state index is 0.0444. The van der Waals surface area contributed by atoms with Crippen LogP contribution in [0.3, 0.4) is 0 Å². The zero-order chi connectivity index (χ0) is 56.9. The van der Waals surface area contributed by atoms with Crippen molar-refractivity contribution in [3.63, 3.8) is 0 Å². The van der Waals surface area contributed by atoms with Gasteiger partial charge in [0.2, 0.25) is 5.89 Å². The van der Waals surface area contributed by atoms with E-state index < -0.39 is 184 Å². The van der Waals surface area contributed by atoms with E-state index in [0.717, 1.165) is 21.6 Å². The van der Waals surface area contributed by atoms with Crippen LogP contribution in [0.1, 0.15) is 70.7 Å². The van der Waals surface area contributed by atoms with Crippen LogP contribution in [0, 0.1) is 0 Å². The Bertz CT molecular complexity index is 3950. The Balaban J connectivity index is 1.28. The van der Waals surface area contributed by atoms with Crippen molar-refractivity contribution in [2.75, 3.05) is 4.90 Å². The first-order chi connectivity index (χ1) is 37.4. The third-order valence-corrected chi connectivity index (χ3v) is 10.6. The molecule has 3 nitrogen and oxygen atoms in total. The highest BCUT2D eigenvalue weighted by atomic mass is 16.3. The summed E-state index contributed by atoms with van der Waals surface area (Å²) in [7, 11) is 0. The van der Waals surface area contributed by atoms with Gasteiger partial charge >= 0.3 is 0 Å². The van der Waals surface area contributed by atoms with Gasteiger partial charge in [0.25, 0.3) is 0 Å². The number of hydrogen-bond acceptors (Lipinski definition) is 3. The molecule has 1 heterocycles. The smallest absolute Gasteiger partial charge is 0.227 e. The van der Waals surface area contributed by atoms with Crippen molar-refractivity contribution < 1.29 is 34.6 Å². The summed E-state index contributed by atoms with van der Waals surface area (Å²) in [4.78, 5) is 5.89. The molecule has 0 saturated carbocycles. The molecular formula is C54H40N2O. The number of nitrogens with zero attached hydrogens (tertiary/aromatic N) is 2. The lowest BCUT2D eigenvalue weighted by molar-refractivity contribution is 0.507. The van der Waals surface area contributed by atoms with E-state index in [9.17, 15) is 9.60 Å². The molecule has 0 aliphatic heterocycles. The monoisotopic (exact) mass is 754 g/mol. The van der Waals surface area contributed by atoms with Crippen molar-refractivity contribution >= 4 is 28.2 Å². The number of rotatable bonds is 7. The fourth-order valence-electron chi connectivity index (χ4n) is 8.22. The van der Waals surface area contributed by atoms with Crippen LogP contribution in [0.4, 0.5) is 17.1 Å². The molecular weight excluding hydrogens is 693 g/mol. The van der Waals surface area contributed by atoms with Crippen LogP contribution >= 0.6 is 0 Å². The minimum Gasteiger partial charge on any atom is -0.436 e. The van der Waals surface area contributed by atoms with Crippen LogP contribution in [-0.2, 0) is 12.8 Å². The number of aromatic nitrogens is 1. The highest BCUT2D eigenvalue weighted by Gasteiger charge is 2.41. The van der Waals surface area contributed by atoms with Gasteiger partial charge in [-0.1, -0.05) is 139 Å². The van der Waals surface area contributed by atoms with Gasteiger partial charge in [0, 0.05) is 22.6 Å². The standard InChI is InChI=1S/C54H40N2O/c1-4-14-36(15-5-1)39-26-29-44(30-27-39)56(45-33-42(37-16-6-2-7-17-37)32-43(34-45)38-18-8-3-9-19-38)50-24-13-21-41-35-48-46(53(41)50)31-28-40-20-12-22-47(52(40)48)54-55-49-23-10-11-25-51(49)57-54/h1-27,29-30,32-34,46,48H,28,31,35H2/i1D,2D,3D,4D,5D,6D,7D,8D,9D,14D,15D,16D,17D,18D,19D,26D,27D,29D,30D,32D,33D,34D. The van der Waals surface area contributed by atoms with Crippen molar-refractivity contribution in [2.45, 2.75) is 31.1 Å². The third-order valence-electron chi connectivity index (χ3n) is 10.6. The first-order valence-electron chi connectivity index (χ1n) is 29.3. The second kappa shape index (κ2) is 14.0. The van der Waals surface area contributed by atoms with Crippen molar-refractivity contribution in [2.24, 2.45) is 0 Å². The molecule has 2 atom stereocenters. The molecule has 0 N–H and O–H groups in total. The van der Waals surface area contributed by atoms with Crippen LogP contribution in [0.5, 0.6) is 0 Å². The second-order valence-corrected chi connectivity index (χ2v) is 13.7. The summed E-state index contributed by atoms with van der Waals surface area (Å²) in [5, 5.41) is 0. The summed E-state index contributed by atoms with van der Waals surface area (Å²) in [5.41, 5.74) is -0.686. The molecule has 3 heteroatoms. The van der Waals surface area contributed by atoms with E-state index >= 15 is 0 Å². The number of fused-ring (bicyclic) bond motifs is 6. The van der Waals surface area contributed by atoms with E-state index in [2.05, 4.69) is 0 Å². The summed E-state index contributed by atoms with van der Waals surface area (Å²) in [6.07, 6.45) is 1.35. The van der Waals surface area contributed by atoms with Crippen LogP contribution in [0.2, 0.25) is 0 Å². The van der Waals surface area contributed by atoms with Crippen molar-refractivity contribution in [1.82, 2.24) is 4.98 Å². The number of hydrogen-bond donors (Lipinski definition) is 0. The average molecular weight is 755 g/mol. The van der Waals surface area contributed by atoms with Gasteiger partial charge in [0.1, 0.15) is 5.52 Å². The summed E-state index contributed by atoms with van der Waals surface area (Å²) in [6, 6.07) is -1.38. The molecule has 11 rings (SSSR count). The minimum atomic E-state index is -0.958. The highest BCUT2D eigenvalue weighted by molar-refractivity contribution is 5.87. The zero-order valence-electron chi connectivity index (χ0n) is 51.9. The van der Waals surface area contributed by atoms with E-state index in [0.29, 0.717) is 47.4 Å². The van der Waals surface area contributed by atoms with Gasteiger partial charge in [0.05, 0.1) is 30.2 Å². The molecule has 0 saturated heterocycles. The SMILES string of the molecule is [2H]c1c([2H])c([2H])c(-c2c([2H])c([2H])c(N(c3cccc4c3C3CCc5cccc(-c6nc7ccccc7o6)c5C3C4)c3c([2H])c(-c4c([2H])c([2H])c([2H])c([2H])c4[2H])c([2H])c(-c4c([2H])c([2H])c([2H])c([2H])c4[2H])c3[2H])c([2H])c2[2H])c([2H])c1[2H]. The van der Waals surface area contributed by atoms with E-state index in [1.807, 2.05) is 42.5 Å². The summed E-state index contributed by atoms with van der Waals surface area (Å²) in [5.74, 6) is -0.409. The van der Waals surface area contributed by atoms with Gasteiger partial charge in [-0.15, -0.1) is 0 Å². The van der Waals surface area contributed by atoms with Gasteiger partial charge < -0.3 is 9.32 Å². The van der Waals surface area contributed by atoms with E-state index in [-0.39, 0.29) is 11.6 Å². The fraction of sp³-hybridized carbons (Fsp3) is 0.0926. The lowest BCUT2D eigenvalue weighted by atomic mass is 9.73. The van der Waals surface area contributed by atoms with Crippen molar-refractivity contribution in [3.8, 4) is 44.8 Å². The molecule has 0 fully saturated rings. The molecule has 2 aliphatic carbocycles. The van der Waals surface area contributed by atoms with Crippen LogP contribution in [0.15, 0.2) is 198 Å². The molecule has 0 radical (unpaired) electrons. The predicted octanol–water partition coefficient (Wildman–Crippen LogP) is 14.3. The van der Waals surface area contributed by atoms with Gasteiger partial charge in [-0.3, -0.25) is 0 Å². The quantitative estimate of drug-likeness (QED) is 0.162. The Hall–Kier alpha value is -6.97. The first kappa shape index (κ1) is 17.9. The van der Waals surface area contributed by atoms with Crippen LogP contribution in [0.25, 0.3) is 55.9 Å². The normalized spacial score (nSPS) is 20.9. The zero-order valence-corrected chi connectivity index (χ0v) is 29.9. The van der Waals surface area contributed by atoms with Crippen molar-refractivity contribution in [1.29, 1.82) is 0 Å². The van der Waals surface area contributed by atoms with Crippen LogP contribution < -0.4 is 4.90 Å².